The Balaban J connectivity index is 2.26. The van der Waals surface area contributed by atoms with Crippen LogP contribution in [0.15, 0.2) is 12.3 Å². The molecular formula is C9H10FNO. The maximum absolute atomic E-state index is 13.1. The van der Waals surface area contributed by atoms with Gasteiger partial charge in [0.25, 0.3) is 0 Å². The normalized spacial score (nSPS) is 16.2. The molecule has 1 aromatic heterocycles. The van der Waals surface area contributed by atoms with E-state index >= 15 is 0 Å². The van der Waals surface area contributed by atoms with Gasteiger partial charge in [-0.25, -0.2) is 4.39 Å². The van der Waals surface area contributed by atoms with Crippen molar-refractivity contribution < 1.29 is 9.13 Å². The molecule has 1 heterocycles. The van der Waals surface area contributed by atoms with Gasteiger partial charge >= 0.3 is 0 Å². The third kappa shape index (κ3) is 1.40. The lowest BCUT2D eigenvalue weighted by molar-refractivity contribution is 0.283. The topological polar surface area (TPSA) is 22.1 Å². The van der Waals surface area contributed by atoms with Crippen LogP contribution in [0.4, 0.5) is 4.39 Å². The van der Waals surface area contributed by atoms with Crippen molar-refractivity contribution in [1.29, 1.82) is 0 Å². The molecule has 2 rings (SSSR count). The lowest BCUT2D eigenvalue weighted by Gasteiger charge is -2.06. The predicted molar refractivity (Wildman–Crippen MR) is 42.6 cm³/mol. The third-order valence-corrected chi connectivity index (χ3v) is 1.84. The van der Waals surface area contributed by atoms with Crippen molar-refractivity contribution in [3.8, 4) is 5.75 Å². The quantitative estimate of drug-likeness (QED) is 0.672. The number of hydrogen-bond acceptors (Lipinski definition) is 2. The molecule has 0 saturated heterocycles. The van der Waals surface area contributed by atoms with Gasteiger partial charge in [-0.05, 0) is 25.8 Å². The summed E-state index contributed by atoms with van der Waals surface area (Å²) in [5.74, 6) is 0.00870. The van der Waals surface area contributed by atoms with E-state index in [0.717, 1.165) is 12.8 Å². The second-order valence-corrected chi connectivity index (χ2v) is 3.02. The zero-order valence-electron chi connectivity index (χ0n) is 6.88. The minimum Gasteiger partial charge on any atom is -0.485 e. The van der Waals surface area contributed by atoms with E-state index in [4.69, 9.17) is 4.74 Å². The first-order valence-electron chi connectivity index (χ1n) is 4.05. The van der Waals surface area contributed by atoms with E-state index in [0.29, 0.717) is 11.4 Å². The van der Waals surface area contributed by atoms with Crippen molar-refractivity contribution in [3.63, 3.8) is 0 Å². The van der Waals surface area contributed by atoms with E-state index in [1.807, 2.05) is 0 Å². The zero-order valence-corrected chi connectivity index (χ0v) is 6.88. The van der Waals surface area contributed by atoms with E-state index in [1.165, 1.54) is 12.3 Å². The maximum atomic E-state index is 13.1. The van der Waals surface area contributed by atoms with Gasteiger partial charge in [-0.3, -0.25) is 4.98 Å². The number of nitrogens with zero attached hydrogens (tertiary/aromatic N) is 1. The van der Waals surface area contributed by atoms with E-state index in [-0.39, 0.29) is 11.9 Å². The van der Waals surface area contributed by atoms with Crippen LogP contribution in [0.3, 0.4) is 0 Å². The highest BCUT2D eigenvalue weighted by Crippen LogP contribution is 2.29. The Kier molecular flexibility index (Phi) is 1.71. The molecule has 12 heavy (non-hydrogen) atoms. The van der Waals surface area contributed by atoms with E-state index in [1.54, 1.807) is 6.92 Å². The summed E-state index contributed by atoms with van der Waals surface area (Å²) in [7, 11) is 0. The van der Waals surface area contributed by atoms with Crippen LogP contribution in [0.25, 0.3) is 0 Å². The first kappa shape index (κ1) is 7.53. The Morgan fingerprint density at radius 3 is 2.92 bits per heavy atom. The van der Waals surface area contributed by atoms with Crippen molar-refractivity contribution in [1.82, 2.24) is 4.98 Å². The highest BCUT2D eigenvalue weighted by atomic mass is 19.1. The fourth-order valence-corrected chi connectivity index (χ4v) is 1.02. The Labute approximate surface area is 70.4 Å². The molecule has 3 heteroatoms. The highest BCUT2D eigenvalue weighted by Gasteiger charge is 2.25. The molecule has 1 aliphatic rings. The third-order valence-electron chi connectivity index (χ3n) is 1.84. The van der Waals surface area contributed by atoms with Gasteiger partial charge in [-0.2, -0.15) is 0 Å². The standard InChI is InChI=1S/C9H10FNO/c1-6-9(12-7-2-3-7)8(10)4-5-11-6/h4-5,7H,2-3H2,1H3. The molecule has 0 bridgehead atoms. The number of aromatic nitrogens is 1. The average molecular weight is 167 g/mol. The Bertz CT molecular complexity index is 276. The number of rotatable bonds is 2. The molecule has 0 radical (unpaired) electrons. The molecule has 64 valence electrons. The van der Waals surface area contributed by atoms with Crippen molar-refractivity contribution in [3.05, 3.63) is 23.8 Å². The molecule has 1 saturated carbocycles. The molecule has 1 aromatic rings. The van der Waals surface area contributed by atoms with E-state index in [2.05, 4.69) is 4.98 Å². The van der Waals surface area contributed by atoms with Gasteiger partial charge in [0.2, 0.25) is 0 Å². The van der Waals surface area contributed by atoms with Crippen LogP contribution in [0.1, 0.15) is 18.5 Å². The van der Waals surface area contributed by atoms with Crippen molar-refractivity contribution in [2.24, 2.45) is 0 Å². The molecule has 0 unspecified atom stereocenters. The predicted octanol–water partition coefficient (Wildman–Crippen LogP) is 2.07. The fourth-order valence-electron chi connectivity index (χ4n) is 1.02. The van der Waals surface area contributed by atoms with Crippen molar-refractivity contribution >= 4 is 0 Å². The maximum Gasteiger partial charge on any atom is 0.176 e. The molecule has 2 nitrogen and oxygen atoms in total. The lowest BCUT2D eigenvalue weighted by Crippen LogP contribution is -2.01. The van der Waals surface area contributed by atoms with Gasteiger partial charge in [0.1, 0.15) is 0 Å². The summed E-state index contributed by atoms with van der Waals surface area (Å²) in [6.45, 7) is 1.75. The number of aryl methyl sites for hydroxylation is 1. The van der Waals surface area contributed by atoms with Gasteiger partial charge in [0.15, 0.2) is 11.6 Å². The molecule has 1 aliphatic carbocycles. The largest absolute Gasteiger partial charge is 0.485 e. The van der Waals surface area contributed by atoms with Crippen LogP contribution >= 0.6 is 0 Å². The van der Waals surface area contributed by atoms with Gasteiger partial charge < -0.3 is 4.74 Å². The van der Waals surface area contributed by atoms with Crippen LogP contribution < -0.4 is 4.74 Å². The molecule has 0 amide bonds. The summed E-state index contributed by atoms with van der Waals surface area (Å²) in [5.41, 5.74) is 0.627. The first-order valence-corrected chi connectivity index (χ1v) is 4.05. The average Bonchev–Trinajstić information content (AvgIpc) is 2.80. The Hall–Kier alpha value is -1.12. The second-order valence-electron chi connectivity index (χ2n) is 3.02. The molecule has 0 atom stereocenters. The SMILES string of the molecule is Cc1nccc(F)c1OC1CC1. The van der Waals surface area contributed by atoms with Gasteiger partial charge in [-0.1, -0.05) is 0 Å². The van der Waals surface area contributed by atoms with Gasteiger partial charge in [0, 0.05) is 6.20 Å². The lowest BCUT2D eigenvalue weighted by atomic mass is 10.3. The summed E-state index contributed by atoms with van der Waals surface area (Å²) >= 11 is 0. The minimum absolute atomic E-state index is 0.224. The van der Waals surface area contributed by atoms with Crippen LogP contribution in [0.5, 0.6) is 5.75 Å². The molecule has 0 aromatic carbocycles. The van der Waals surface area contributed by atoms with Gasteiger partial charge in [0.05, 0.1) is 11.8 Å². The number of pyridine rings is 1. The van der Waals surface area contributed by atoms with Crippen molar-refractivity contribution in [2.45, 2.75) is 25.9 Å². The molecule has 0 aliphatic heterocycles. The fraction of sp³-hybridized carbons (Fsp3) is 0.444. The number of ether oxygens (including phenoxy) is 1. The highest BCUT2D eigenvalue weighted by molar-refractivity contribution is 5.28. The second kappa shape index (κ2) is 2.73. The van der Waals surface area contributed by atoms with E-state index in [9.17, 15) is 4.39 Å². The first-order chi connectivity index (χ1) is 5.77. The van der Waals surface area contributed by atoms with Gasteiger partial charge in [-0.15, -0.1) is 0 Å². The van der Waals surface area contributed by atoms with Crippen molar-refractivity contribution in [2.75, 3.05) is 0 Å². The van der Waals surface area contributed by atoms with Crippen LogP contribution in [0, 0.1) is 12.7 Å². The molecule has 0 spiro atoms. The summed E-state index contributed by atoms with van der Waals surface area (Å²) < 4.78 is 18.4. The summed E-state index contributed by atoms with van der Waals surface area (Å²) in [5, 5.41) is 0. The van der Waals surface area contributed by atoms with Crippen LogP contribution in [-0.2, 0) is 0 Å². The number of hydrogen-bond donors (Lipinski definition) is 0. The summed E-state index contributed by atoms with van der Waals surface area (Å²) in [6.07, 6.45) is 3.74. The summed E-state index contributed by atoms with van der Waals surface area (Å²) in [4.78, 5) is 3.96. The Morgan fingerprint density at radius 2 is 2.33 bits per heavy atom. The molecule has 1 fully saturated rings. The minimum atomic E-state index is -0.311. The monoisotopic (exact) mass is 167 g/mol. The number of halogens is 1. The van der Waals surface area contributed by atoms with Crippen LogP contribution in [0.2, 0.25) is 0 Å². The summed E-state index contributed by atoms with van der Waals surface area (Å²) in [6, 6.07) is 1.32. The smallest absolute Gasteiger partial charge is 0.176 e. The molecular weight excluding hydrogens is 157 g/mol. The van der Waals surface area contributed by atoms with E-state index < -0.39 is 0 Å². The van der Waals surface area contributed by atoms with Crippen LogP contribution in [-0.4, -0.2) is 11.1 Å². The zero-order chi connectivity index (χ0) is 8.55. The Morgan fingerprint density at radius 1 is 1.58 bits per heavy atom. The molecule has 0 N–H and O–H groups in total.